The van der Waals surface area contributed by atoms with E-state index in [1.807, 2.05) is 42.5 Å². The molecule has 5 nitrogen and oxygen atoms in total. The van der Waals surface area contributed by atoms with Gasteiger partial charge in [-0.3, -0.25) is 0 Å². The summed E-state index contributed by atoms with van der Waals surface area (Å²) in [6.45, 7) is 9.75. The molecule has 0 aliphatic carbocycles. The maximum absolute atomic E-state index is 6.16. The van der Waals surface area contributed by atoms with Crippen LogP contribution in [0.5, 0.6) is 17.2 Å². The van der Waals surface area contributed by atoms with E-state index in [9.17, 15) is 0 Å². The van der Waals surface area contributed by atoms with Gasteiger partial charge in [0.25, 0.3) is 0 Å². The van der Waals surface area contributed by atoms with Crippen molar-refractivity contribution in [3.8, 4) is 17.2 Å². The minimum Gasteiger partial charge on any atom is -0.493 e. The van der Waals surface area contributed by atoms with Gasteiger partial charge in [-0.15, -0.1) is 6.58 Å². The number of aryl methyl sites for hydroxylation is 3. The zero-order chi connectivity index (χ0) is 23.9. The zero-order valence-electron chi connectivity index (χ0n) is 20.2. The van der Waals surface area contributed by atoms with Crippen LogP contribution in [0.3, 0.4) is 0 Å². The lowest BCUT2D eigenvalue weighted by Gasteiger charge is -2.14. The van der Waals surface area contributed by atoms with Gasteiger partial charge in [-0.25, -0.2) is 4.98 Å². The predicted octanol–water partition coefficient (Wildman–Crippen LogP) is 6.44. The number of ether oxygens (including phenoxy) is 3. The molecule has 0 saturated heterocycles. The van der Waals surface area contributed by atoms with Gasteiger partial charge in [-0.1, -0.05) is 42.5 Å². The molecule has 0 radical (unpaired) electrons. The molecular weight excluding hydrogens is 424 g/mol. The standard InChI is InChI=1S/C29H32N2O3/c1-5-10-23-15-16-26(27(19-23)32-4)34-20-28-30-24-13-6-7-14-25(24)31(28)17-9-18-33-29-21(2)11-8-12-22(29)3/h5-8,11-16,19H,1,9-10,17-18,20H2,2-4H3. The van der Waals surface area contributed by atoms with E-state index in [2.05, 4.69) is 49.3 Å². The summed E-state index contributed by atoms with van der Waals surface area (Å²) in [4.78, 5) is 4.84. The van der Waals surface area contributed by atoms with Crippen molar-refractivity contribution in [2.24, 2.45) is 0 Å². The molecular formula is C29H32N2O3. The Balaban J connectivity index is 1.48. The van der Waals surface area contributed by atoms with Crippen LogP contribution >= 0.6 is 0 Å². The van der Waals surface area contributed by atoms with E-state index < -0.39 is 0 Å². The van der Waals surface area contributed by atoms with Crippen LogP contribution in [-0.4, -0.2) is 23.3 Å². The van der Waals surface area contributed by atoms with Crippen LogP contribution in [0.15, 0.2) is 73.3 Å². The normalized spacial score (nSPS) is 10.9. The van der Waals surface area contributed by atoms with Crippen LogP contribution in [-0.2, 0) is 19.6 Å². The third kappa shape index (κ3) is 5.25. The Kier molecular flexibility index (Phi) is 7.53. The molecule has 0 spiro atoms. The molecule has 0 N–H and O–H groups in total. The molecule has 0 atom stereocenters. The summed E-state index contributed by atoms with van der Waals surface area (Å²) in [7, 11) is 1.66. The number of aromatic nitrogens is 2. The minimum absolute atomic E-state index is 0.351. The number of hydrogen-bond donors (Lipinski definition) is 0. The van der Waals surface area contributed by atoms with E-state index >= 15 is 0 Å². The molecule has 0 amide bonds. The number of nitrogens with zero attached hydrogens (tertiary/aromatic N) is 2. The summed E-state index contributed by atoms with van der Waals surface area (Å²) in [6.07, 6.45) is 3.53. The Morgan fingerprint density at radius 1 is 0.941 bits per heavy atom. The van der Waals surface area contributed by atoms with Gasteiger partial charge >= 0.3 is 0 Å². The minimum atomic E-state index is 0.351. The van der Waals surface area contributed by atoms with E-state index in [1.165, 1.54) is 0 Å². The molecule has 176 valence electrons. The van der Waals surface area contributed by atoms with E-state index in [4.69, 9.17) is 19.2 Å². The summed E-state index contributed by atoms with van der Waals surface area (Å²) in [5.74, 6) is 3.27. The average Bonchev–Trinajstić information content (AvgIpc) is 3.20. The lowest BCUT2D eigenvalue weighted by Crippen LogP contribution is -2.11. The maximum Gasteiger partial charge on any atom is 0.161 e. The van der Waals surface area contributed by atoms with Gasteiger partial charge in [-0.05, 0) is 67.6 Å². The number of hydrogen-bond acceptors (Lipinski definition) is 4. The molecule has 0 unspecified atom stereocenters. The first-order valence-electron chi connectivity index (χ1n) is 11.6. The van der Waals surface area contributed by atoms with Gasteiger partial charge < -0.3 is 18.8 Å². The maximum atomic E-state index is 6.16. The number of para-hydroxylation sites is 3. The van der Waals surface area contributed by atoms with E-state index in [0.717, 1.165) is 58.7 Å². The first-order chi connectivity index (χ1) is 16.6. The van der Waals surface area contributed by atoms with Crippen molar-refractivity contribution < 1.29 is 14.2 Å². The molecule has 0 saturated carbocycles. The molecule has 0 aliphatic heterocycles. The number of fused-ring (bicyclic) bond motifs is 1. The average molecular weight is 457 g/mol. The highest BCUT2D eigenvalue weighted by atomic mass is 16.5. The van der Waals surface area contributed by atoms with Crippen LogP contribution in [0.2, 0.25) is 0 Å². The molecule has 1 aromatic heterocycles. The van der Waals surface area contributed by atoms with Crippen molar-refractivity contribution in [3.05, 3.63) is 95.8 Å². The number of imidazole rings is 1. The van der Waals surface area contributed by atoms with Gasteiger partial charge in [0.2, 0.25) is 0 Å². The van der Waals surface area contributed by atoms with Gasteiger partial charge in [0.15, 0.2) is 11.5 Å². The summed E-state index contributed by atoms with van der Waals surface area (Å²) < 4.78 is 20.1. The Morgan fingerprint density at radius 2 is 1.74 bits per heavy atom. The number of allylic oxidation sites excluding steroid dienone is 1. The second kappa shape index (κ2) is 10.9. The first-order valence-corrected chi connectivity index (χ1v) is 11.6. The fraction of sp³-hybridized carbons (Fsp3) is 0.276. The largest absolute Gasteiger partial charge is 0.493 e. The van der Waals surface area contributed by atoms with Crippen LogP contribution in [0.4, 0.5) is 0 Å². The molecule has 0 bridgehead atoms. The topological polar surface area (TPSA) is 45.5 Å². The molecule has 0 fully saturated rings. The SMILES string of the molecule is C=CCc1ccc(OCc2nc3ccccc3n2CCCOc2c(C)cccc2C)c(OC)c1. The monoisotopic (exact) mass is 456 g/mol. The number of rotatable bonds is 11. The third-order valence-corrected chi connectivity index (χ3v) is 5.88. The van der Waals surface area contributed by atoms with Gasteiger partial charge in [0.1, 0.15) is 18.2 Å². The highest BCUT2D eigenvalue weighted by Gasteiger charge is 2.13. The molecule has 4 aromatic rings. The fourth-order valence-electron chi connectivity index (χ4n) is 4.18. The zero-order valence-corrected chi connectivity index (χ0v) is 20.2. The van der Waals surface area contributed by atoms with Crippen molar-refractivity contribution in [1.82, 2.24) is 9.55 Å². The van der Waals surface area contributed by atoms with Crippen molar-refractivity contribution in [2.75, 3.05) is 13.7 Å². The van der Waals surface area contributed by atoms with E-state index in [1.54, 1.807) is 7.11 Å². The number of benzene rings is 3. The Bertz CT molecular complexity index is 1260. The van der Waals surface area contributed by atoms with Crippen molar-refractivity contribution >= 4 is 11.0 Å². The lowest BCUT2D eigenvalue weighted by atomic mass is 10.1. The van der Waals surface area contributed by atoms with Crippen LogP contribution in [0.25, 0.3) is 11.0 Å². The Labute approximate surface area is 201 Å². The molecule has 5 heteroatoms. The summed E-state index contributed by atoms with van der Waals surface area (Å²) in [5, 5.41) is 0. The van der Waals surface area contributed by atoms with Crippen LogP contribution in [0, 0.1) is 13.8 Å². The molecule has 4 rings (SSSR count). The third-order valence-electron chi connectivity index (χ3n) is 5.88. The predicted molar refractivity (Wildman–Crippen MR) is 137 cm³/mol. The fourth-order valence-corrected chi connectivity index (χ4v) is 4.18. The second-order valence-electron chi connectivity index (χ2n) is 8.36. The lowest BCUT2D eigenvalue weighted by molar-refractivity contribution is 0.266. The number of methoxy groups -OCH3 is 1. The van der Waals surface area contributed by atoms with E-state index in [0.29, 0.717) is 24.7 Å². The Morgan fingerprint density at radius 3 is 2.50 bits per heavy atom. The summed E-state index contributed by atoms with van der Waals surface area (Å²) in [6, 6.07) is 20.4. The highest BCUT2D eigenvalue weighted by molar-refractivity contribution is 5.75. The van der Waals surface area contributed by atoms with Gasteiger partial charge in [0, 0.05) is 6.54 Å². The quantitative estimate of drug-likeness (QED) is 0.192. The molecule has 1 heterocycles. The van der Waals surface area contributed by atoms with Crippen molar-refractivity contribution in [3.63, 3.8) is 0 Å². The van der Waals surface area contributed by atoms with Gasteiger partial charge in [0.05, 0.1) is 24.8 Å². The molecule has 3 aromatic carbocycles. The van der Waals surface area contributed by atoms with Crippen LogP contribution < -0.4 is 14.2 Å². The summed E-state index contributed by atoms with van der Waals surface area (Å²) >= 11 is 0. The summed E-state index contributed by atoms with van der Waals surface area (Å²) in [5.41, 5.74) is 5.52. The van der Waals surface area contributed by atoms with Crippen molar-refractivity contribution in [2.45, 2.75) is 39.8 Å². The van der Waals surface area contributed by atoms with Crippen LogP contribution in [0.1, 0.15) is 28.9 Å². The molecule has 34 heavy (non-hydrogen) atoms. The molecule has 0 aliphatic rings. The van der Waals surface area contributed by atoms with E-state index in [-0.39, 0.29) is 0 Å². The second-order valence-corrected chi connectivity index (χ2v) is 8.36. The van der Waals surface area contributed by atoms with Crippen molar-refractivity contribution in [1.29, 1.82) is 0 Å². The van der Waals surface area contributed by atoms with Gasteiger partial charge in [-0.2, -0.15) is 0 Å². The Hall–Kier alpha value is -3.73. The first kappa shape index (κ1) is 23.4. The smallest absolute Gasteiger partial charge is 0.161 e. The highest BCUT2D eigenvalue weighted by Crippen LogP contribution is 2.29.